The van der Waals surface area contributed by atoms with Crippen LogP contribution in [0.5, 0.6) is 0 Å². The molecule has 1 fully saturated rings. The van der Waals surface area contributed by atoms with Crippen LogP contribution in [0.25, 0.3) is 10.2 Å². The molecule has 5 nitrogen and oxygen atoms in total. The summed E-state index contributed by atoms with van der Waals surface area (Å²) in [6.07, 6.45) is 5.55. The minimum Gasteiger partial charge on any atom is -0.308 e. The first-order chi connectivity index (χ1) is 12.7. The number of aromatic nitrogens is 4. The van der Waals surface area contributed by atoms with Crippen LogP contribution < -0.4 is 4.90 Å². The summed E-state index contributed by atoms with van der Waals surface area (Å²) < 4.78 is 6.08. The summed E-state index contributed by atoms with van der Waals surface area (Å²) in [7, 11) is 0. The standard InChI is InChI=1S/C19H23N5S2/c1-3-11-23-14(2)21-24(19(23)25)13-22-12-7-6-9-16(22)18-20-15-8-4-5-10-17(15)26-18/h3-5,8,10,16H,1,6-7,9,11-13H2,2H3/p+1/t16-/m0/s1. The van der Waals surface area contributed by atoms with Gasteiger partial charge in [-0.3, -0.25) is 0 Å². The van der Waals surface area contributed by atoms with Crippen LogP contribution in [0.3, 0.4) is 0 Å². The molecule has 7 heteroatoms. The third-order valence-electron chi connectivity index (χ3n) is 5.11. The first-order valence-corrected chi connectivity index (χ1v) is 10.3. The number of fused-ring (bicyclic) bond motifs is 1. The Bertz CT molecular complexity index is 950. The van der Waals surface area contributed by atoms with Gasteiger partial charge in [-0.2, -0.15) is 9.78 Å². The number of likely N-dealkylation sites (tertiary alicyclic amines) is 1. The van der Waals surface area contributed by atoms with E-state index >= 15 is 0 Å². The average Bonchev–Trinajstić information content (AvgIpc) is 3.19. The van der Waals surface area contributed by atoms with E-state index in [0.29, 0.717) is 12.6 Å². The Morgan fingerprint density at radius 2 is 2.23 bits per heavy atom. The minimum atomic E-state index is 0.424. The van der Waals surface area contributed by atoms with Gasteiger partial charge >= 0.3 is 0 Å². The number of thiazole rings is 1. The van der Waals surface area contributed by atoms with Gasteiger partial charge in [0.25, 0.3) is 0 Å². The van der Waals surface area contributed by atoms with Crippen LogP contribution in [0.15, 0.2) is 36.9 Å². The number of hydrogen-bond donors (Lipinski definition) is 1. The van der Waals surface area contributed by atoms with Gasteiger partial charge in [0.2, 0.25) is 4.77 Å². The summed E-state index contributed by atoms with van der Waals surface area (Å²) in [5.74, 6) is 0.947. The number of piperidine rings is 1. The normalized spacial score (nSPS) is 20.5. The van der Waals surface area contributed by atoms with E-state index in [9.17, 15) is 0 Å². The lowest BCUT2D eigenvalue weighted by Gasteiger charge is -2.30. The molecule has 26 heavy (non-hydrogen) atoms. The monoisotopic (exact) mass is 386 g/mol. The van der Waals surface area contributed by atoms with Crippen molar-refractivity contribution in [1.29, 1.82) is 0 Å². The van der Waals surface area contributed by atoms with Crippen LogP contribution in [0.2, 0.25) is 0 Å². The molecule has 3 aromatic rings. The molecule has 4 rings (SSSR count). The molecule has 1 saturated heterocycles. The Kier molecular flexibility index (Phi) is 5.02. The Morgan fingerprint density at radius 3 is 3.04 bits per heavy atom. The fourth-order valence-corrected chi connectivity index (χ4v) is 5.26. The van der Waals surface area contributed by atoms with E-state index in [1.165, 1.54) is 33.9 Å². The van der Waals surface area contributed by atoms with Crippen molar-refractivity contribution >= 4 is 33.8 Å². The van der Waals surface area contributed by atoms with Crippen LogP contribution in [0.4, 0.5) is 0 Å². The van der Waals surface area contributed by atoms with Gasteiger partial charge < -0.3 is 9.47 Å². The lowest BCUT2D eigenvalue weighted by Crippen LogP contribution is -3.12. The van der Waals surface area contributed by atoms with E-state index < -0.39 is 0 Å². The van der Waals surface area contributed by atoms with E-state index in [1.807, 2.05) is 33.6 Å². The molecule has 0 spiro atoms. The van der Waals surface area contributed by atoms with Gasteiger partial charge in [-0.25, -0.2) is 4.98 Å². The van der Waals surface area contributed by atoms with Crippen molar-refractivity contribution in [3.05, 3.63) is 52.5 Å². The molecule has 1 aliphatic rings. The number of aryl methyl sites for hydroxylation is 1. The smallest absolute Gasteiger partial charge is 0.203 e. The third kappa shape index (κ3) is 3.26. The molecule has 0 amide bonds. The summed E-state index contributed by atoms with van der Waals surface area (Å²) in [6.45, 7) is 8.47. The van der Waals surface area contributed by atoms with Gasteiger partial charge in [0.15, 0.2) is 11.7 Å². The second-order valence-electron chi connectivity index (χ2n) is 6.86. The Labute approximate surface area is 162 Å². The fraction of sp³-hybridized carbons (Fsp3) is 0.421. The zero-order valence-electron chi connectivity index (χ0n) is 15.0. The van der Waals surface area contributed by atoms with Gasteiger partial charge in [-0.15, -0.1) is 17.9 Å². The summed E-state index contributed by atoms with van der Waals surface area (Å²) in [5, 5.41) is 5.93. The largest absolute Gasteiger partial charge is 0.308 e. The first kappa shape index (κ1) is 17.6. The minimum absolute atomic E-state index is 0.424. The summed E-state index contributed by atoms with van der Waals surface area (Å²) >= 11 is 7.48. The van der Waals surface area contributed by atoms with Crippen LogP contribution >= 0.6 is 23.6 Å². The van der Waals surface area contributed by atoms with E-state index in [2.05, 4.69) is 35.9 Å². The molecule has 0 aliphatic carbocycles. The van der Waals surface area contributed by atoms with Crippen LogP contribution in [0.1, 0.15) is 36.1 Å². The zero-order valence-corrected chi connectivity index (χ0v) is 16.7. The summed E-state index contributed by atoms with van der Waals surface area (Å²) in [6, 6.07) is 8.84. The van der Waals surface area contributed by atoms with Gasteiger partial charge in [0.05, 0.1) is 16.8 Å². The van der Waals surface area contributed by atoms with Gasteiger partial charge in [-0.05, 0) is 44.1 Å². The topological polar surface area (TPSA) is 40.1 Å². The van der Waals surface area contributed by atoms with E-state index in [-0.39, 0.29) is 0 Å². The number of nitrogens with one attached hydrogen (secondary N) is 1. The van der Waals surface area contributed by atoms with Gasteiger partial charge in [-0.1, -0.05) is 18.2 Å². The number of para-hydroxylation sites is 1. The molecule has 1 aliphatic heterocycles. The SMILES string of the molecule is C=CCn1c(C)nn(C[NH+]2CCCC[C@H]2c2nc3ccccc3s2)c1=S. The summed E-state index contributed by atoms with van der Waals surface area (Å²) in [5.41, 5.74) is 1.11. The second-order valence-corrected chi connectivity index (χ2v) is 8.29. The number of quaternary nitrogens is 1. The second kappa shape index (κ2) is 7.42. The molecule has 1 unspecified atom stereocenters. The van der Waals surface area contributed by atoms with Crippen molar-refractivity contribution in [2.75, 3.05) is 6.54 Å². The van der Waals surface area contributed by atoms with Crippen molar-refractivity contribution in [3.63, 3.8) is 0 Å². The molecular formula is C19H24N5S2+. The molecule has 0 bridgehead atoms. The third-order valence-corrected chi connectivity index (χ3v) is 6.70. The van der Waals surface area contributed by atoms with Crippen molar-refractivity contribution in [2.45, 2.75) is 45.4 Å². The highest BCUT2D eigenvalue weighted by molar-refractivity contribution is 7.71. The lowest BCUT2D eigenvalue weighted by atomic mass is 10.0. The van der Waals surface area contributed by atoms with Crippen LogP contribution in [-0.2, 0) is 13.2 Å². The lowest BCUT2D eigenvalue weighted by molar-refractivity contribution is -0.959. The maximum absolute atomic E-state index is 5.64. The van der Waals surface area contributed by atoms with Crippen molar-refractivity contribution < 1.29 is 4.90 Å². The highest BCUT2D eigenvalue weighted by atomic mass is 32.1. The maximum Gasteiger partial charge on any atom is 0.203 e. The maximum atomic E-state index is 5.64. The van der Waals surface area contributed by atoms with Crippen molar-refractivity contribution in [1.82, 2.24) is 19.3 Å². The van der Waals surface area contributed by atoms with E-state index in [1.54, 1.807) is 0 Å². The van der Waals surface area contributed by atoms with Gasteiger partial charge in [0.1, 0.15) is 11.9 Å². The molecule has 2 aromatic heterocycles. The number of benzene rings is 1. The number of rotatable bonds is 5. The highest BCUT2D eigenvalue weighted by Crippen LogP contribution is 2.28. The molecule has 1 aromatic carbocycles. The molecule has 136 valence electrons. The van der Waals surface area contributed by atoms with Gasteiger partial charge in [0, 0.05) is 13.0 Å². The summed E-state index contributed by atoms with van der Waals surface area (Å²) in [4.78, 5) is 6.44. The molecular weight excluding hydrogens is 362 g/mol. The zero-order chi connectivity index (χ0) is 18.1. The van der Waals surface area contributed by atoms with Crippen LogP contribution in [0, 0.1) is 11.7 Å². The van der Waals surface area contributed by atoms with Crippen molar-refractivity contribution in [2.24, 2.45) is 0 Å². The highest BCUT2D eigenvalue weighted by Gasteiger charge is 2.31. The van der Waals surface area contributed by atoms with E-state index in [4.69, 9.17) is 17.2 Å². The number of allylic oxidation sites excluding steroid dienone is 1. The predicted molar refractivity (Wildman–Crippen MR) is 108 cm³/mol. The molecule has 0 radical (unpaired) electrons. The average molecular weight is 387 g/mol. The Hall–Kier alpha value is -1.83. The first-order valence-electron chi connectivity index (χ1n) is 9.12. The molecule has 2 atom stereocenters. The molecule has 3 heterocycles. The quantitative estimate of drug-likeness (QED) is 0.540. The van der Waals surface area contributed by atoms with E-state index in [0.717, 1.165) is 29.3 Å². The van der Waals surface area contributed by atoms with Crippen molar-refractivity contribution in [3.8, 4) is 0 Å². The Morgan fingerprint density at radius 1 is 1.38 bits per heavy atom. The number of hydrogen-bond acceptors (Lipinski definition) is 4. The molecule has 0 saturated carbocycles. The molecule has 1 N–H and O–H groups in total. The van der Waals surface area contributed by atoms with Crippen LogP contribution in [-0.4, -0.2) is 25.9 Å². The Balaban J connectivity index is 1.63. The fourth-order valence-electron chi connectivity index (χ4n) is 3.79. The predicted octanol–water partition coefficient (Wildman–Crippen LogP) is 3.29. The number of nitrogens with zero attached hydrogens (tertiary/aromatic N) is 4.